The lowest BCUT2D eigenvalue weighted by Gasteiger charge is -2.49. The summed E-state index contributed by atoms with van der Waals surface area (Å²) in [7, 11) is 0. The molecule has 0 unspecified atom stereocenters. The molecule has 0 fully saturated rings. The molecule has 0 radical (unpaired) electrons. The monoisotopic (exact) mass is 699 g/mol. The van der Waals surface area contributed by atoms with Crippen LogP contribution in [0.2, 0.25) is 0 Å². The molecule has 0 bridgehead atoms. The van der Waals surface area contributed by atoms with Crippen LogP contribution >= 0.6 is 0 Å². The number of benzene rings is 5. The average Bonchev–Trinajstić information content (AvgIpc) is 3.52. The molecule has 0 amide bonds. The zero-order valence-corrected chi connectivity index (χ0v) is 31.5. The minimum absolute atomic E-state index is 0.189. The highest BCUT2D eigenvalue weighted by Crippen LogP contribution is 2.61. The first-order valence-corrected chi connectivity index (χ1v) is 19.0. The molecule has 0 saturated carbocycles. The Bertz CT molecular complexity index is 2820. The van der Waals surface area contributed by atoms with Crippen molar-refractivity contribution in [3.8, 4) is 5.69 Å². The van der Waals surface area contributed by atoms with Crippen molar-refractivity contribution in [3.63, 3.8) is 0 Å². The predicted octanol–water partition coefficient (Wildman–Crippen LogP) is 12.4. The molecule has 3 aromatic heterocycles. The maximum Gasteiger partial charge on any atom is 0.145 e. The number of para-hydroxylation sites is 3. The molecule has 262 valence electrons. The molecule has 0 N–H and O–H groups in total. The lowest BCUT2D eigenvalue weighted by atomic mass is 9.67. The van der Waals surface area contributed by atoms with Gasteiger partial charge in [-0.3, -0.25) is 9.47 Å². The fourth-order valence-electron chi connectivity index (χ4n) is 10.0. The lowest BCUT2D eigenvalue weighted by molar-refractivity contribution is 0.594. The average molecular weight is 700 g/mol. The molecule has 0 atom stereocenters. The van der Waals surface area contributed by atoms with Crippen LogP contribution in [0.25, 0.3) is 27.6 Å². The number of hydrogen-bond donors (Lipinski definition) is 0. The van der Waals surface area contributed by atoms with E-state index in [-0.39, 0.29) is 16.2 Å². The highest BCUT2D eigenvalue weighted by Gasteiger charge is 2.46. The Balaban J connectivity index is 1.18. The molecule has 5 aromatic carbocycles. The molecule has 8 aromatic rings. The van der Waals surface area contributed by atoms with Gasteiger partial charge in [0.15, 0.2) is 0 Å². The Morgan fingerprint density at radius 3 is 1.80 bits per heavy atom. The highest BCUT2D eigenvalue weighted by molar-refractivity contribution is 6.08. The molecular weight excluding hydrogens is 659 g/mol. The van der Waals surface area contributed by atoms with Crippen LogP contribution < -0.4 is 9.80 Å². The number of nitrogens with zero attached hydrogens (tertiary/aromatic N) is 5. The molecule has 3 aliphatic heterocycles. The second-order valence-electron chi connectivity index (χ2n) is 16.8. The zero-order chi connectivity index (χ0) is 36.7. The minimum Gasteiger partial charge on any atom is -0.310 e. The number of anilines is 6. The largest absolute Gasteiger partial charge is 0.310 e. The predicted molar refractivity (Wildman–Crippen MR) is 222 cm³/mol. The van der Waals surface area contributed by atoms with Gasteiger partial charge in [-0.05, 0) is 82.4 Å². The van der Waals surface area contributed by atoms with Gasteiger partial charge >= 0.3 is 0 Å². The molecule has 0 aliphatic carbocycles. The van der Waals surface area contributed by atoms with Crippen molar-refractivity contribution in [1.29, 1.82) is 0 Å². The molecule has 6 heterocycles. The third-order valence-corrected chi connectivity index (χ3v) is 12.8. The standard InChI is InChI=1S/C49H41N5/c1-47(2)34-16-8-10-21-41(34)52(42-29-31(23-25-35(42)47)53-40-20-9-7-14-32(40)33-15-12-26-50-45(33)53)30-22-24-36-43(28-30)54-44-37(48(36,3)4)17-11-18-38(44)49(5,6)39-19-13-27-51-46(39)54/h7-29H,1-6H3. The fourth-order valence-corrected chi connectivity index (χ4v) is 10.0. The van der Waals surface area contributed by atoms with E-state index in [0.717, 1.165) is 33.7 Å². The quantitative estimate of drug-likeness (QED) is 0.180. The van der Waals surface area contributed by atoms with E-state index >= 15 is 0 Å². The number of aromatic nitrogens is 3. The van der Waals surface area contributed by atoms with Gasteiger partial charge in [0.1, 0.15) is 11.5 Å². The van der Waals surface area contributed by atoms with E-state index in [4.69, 9.17) is 9.97 Å². The van der Waals surface area contributed by atoms with E-state index in [9.17, 15) is 0 Å². The van der Waals surface area contributed by atoms with Gasteiger partial charge in [0.2, 0.25) is 0 Å². The van der Waals surface area contributed by atoms with Crippen molar-refractivity contribution in [2.24, 2.45) is 0 Å². The summed E-state index contributed by atoms with van der Waals surface area (Å²) in [6.45, 7) is 14.1. The summed E-state index contributed by atoms with van der Waals surface area (Å²) in [5.41, 5.74) is 16.3. The number of fused-ring (bicyclic) bond motifs is 9. The van der Waals surface area contributed by atoms with Crippen LogP contribution in [0.3, 0.4) is 0 Å². The van der Waals surface area contributed by atoms with E-state index in [1.165, 1.54) is 61.5 Å². The summed E-state index contributed by atoms with van der Waals surface area (Å²) in [4.78, 5) is 15.0. The summed E-state index contributed by atoms with van der Waals surface area (Å²) in [5, 5.41) is 2.36. The van der Waals surface area contributed by atoms with Crippen molar-refractivity contribution >= 4 is 56.2 Å². The SMILES string of the molecule is CC1(C)c2ccccc2N(c2ccc3c(c2)N2c4ncccc4C(C)(C)c4cccc(c42)C3(C)C)c2cc(-n3c4ccccc4c4cccnc43)ccc21. The zero-order valence-electron chi connectivity index (χ0n) is 31.5. The first-order valence-electron chi connectivity index (χ1n) is 19.0. The molecule has 11 rings (SSSR count). The van der Waals surface area contributed by atoms with E-state index < -0.39 is 0 Å². The number of pyridine rings is 2. The Morgan fingerprint density at radius 2 is 0.981 bits per heavy atom. The second kappa shape index (κ2) is 10.5. The van der Waals surface area contributed by atoms with Crippen molar-refractivity contribution in [2.75, 3.05) is 9.80 Å². The number of rotatable bonds is 2. The topological polar surface area (TPSA) is 37.2 Å². The maximum absolute atomic E-state index is 5.11. The Labute approximate surface area is 316 Å². The summed E-state index contributed by atoms with van der Waals surface area (Å²) in [6, 6.07) is 47.1. The van der Waals surface area contributed by atoms with Gasteiger partial charge < -0.3 is 4.90 Å². The van der Waals surface area contributed by atoms with Crippen LogP contribution in [-0.2, 0) is 16.2 Å². The molecule has 5 heteroatoms. The lowest BCUT2D eigenvalue weighted by Crippen LogP contribution is -2.38. The van der Waals surface area contributed by atoms with Gasteiger partial charge in [0, 0.05) is 56.3 Å². The van der Waals surface area contributed by atoms with E-state index in [1.54, 1.807) is 0 Å². The van der Waals surface area contributed by atoms with E-state index in [1.807, 2.05) is 18.5 Å². The Morgan fingerprint density at radius 1 is 0.426 bits per heavy atom. The van der Waals surface area contributed by atoms with E-state index in [2.05, 4.69) is 177 Å². The molecular formula is C49H41N5. The van der Waals surface area contributed by atoms with Crippen LogP contribution in [0, 0.1) is 0 Å². The van der Waals surface area contributed by atoms with Gasteiger partial charge in [-0.2, -0.15) is 0 Å². The summed E-state index contributed by atoms with van der Waals surface area (Å²) in [5.74, 6) is 1.01. The normalized spacial score (nSPS) is 16.7. The fraction of sp³-hybridized carbons (Fsp3) is 0.184. The van der Waals surface area contributed by atoms with Crippen molar-refractivity contribution in [3.05, 3.63) is 173 Å². The van der Waals surface area contributed by atoms with Crippen LogP contribution in [-0.4, -0.2) is 14.5 Å². The van der Waals surface area contributed by atoms with E-state index in [0.29, 0.717) is 0 Å². The second-order valence-corrected chi connectivity index (χ2v) is 16.8. The molecule has 3 aliphatic rings. The van der Waals surface area contributed by atoms with Crippen LogP contribution in [0.1, 0.15) is 74.9 Å². The van der Waals surface area contributed by atoms with Crippen molar-refractivity contribution in [1.82, 2.24) is 14.5 Å². The molecule has 0 spiro atoms. The smallest absolute Gasteiger partial charge is 0.145 e. The van der Waals surface area contributed by atoms with Crippen LogP contribution in [0.4, 0.5) is 34.3 Å². The van der Waals surface area contributed by atoms with Gasteiger partial charge in [0.05, 0.1) is 28.3 Å². The third kappa shape index (κ3) is 3.89. The summed E-state index contributed by atoms with van der Waals surface area (Å²) < 4.78 is 2.32. The molecule has 54 heavy (non-hydrogen) atoms. The van der Waals surface area contributed by atoms with Crippen molar-refractivity contribution in [2.45, 2.75) is 57.8 Å². The Kier molecular flexibility index (Phi) is 6.08. The van der Waals surface area contributed by atoms with Gasteiger partial charge in [0.25, 0.3) is 0 Å². The van der Waals surface area contributed by atoms with Gasteiger partial charge in [-0.25, -0.2) is 9.97 Å². The van der Waals surface area contributed by atoms with Gasteiger partial charge in [-0.15, -0.1) is 0 Å². The molecule has 0 saturated heterocycles. The van der Waals surface area contributed by atoms with Crippen LogP contribution in [0.5, 0.6) is 0 Å². The van der Waals surface area contributed by atoms with Gasteiger partial charge in [-0.1, -0.05) is 114 Å². The minimum atomic E-state index is -0.217. The summed E-state index contributed by atoms with van der Waals surface area (Å²) in [6.07, 6.45) is 3.84. The van der Waals surface area contributed by atoms with Crippen molar-refractivity contribution < 1.29 is 0 Å². The number of hydrogen-bond acceptors (Lipinski definition) is 4. The summed E-state index contributed by atoms with van der Waals surface area (Å²) >= 11 is 0. The van der Waals surface area contributed by atoms with Crippen LogP contribution in [0.15, 0.2) is 140 Å². The first kappa shape index (κ1) is 31.3. The molecule has 5 nitrogen and oxygen atoms in total. The third-order valence-electron chi connectivity index (χ3n) is 12.8. The Hall–Kier alpha value is -6.20. The first-order chi connectivity index (χ1) is 26.1. The highest BCUT2D eigenvalue weighted by atomic mass is 15.2. The maximum atomic E-state index is 5.11.